The van der Waals surface area contributed by atoms with Crippen molar-refractivity contribution in [3.63, 3.8) is 0 Å². The van der Waals surface area contributed by atoms with Crippen molar-refractivity contribution in [2.75, 3.05) is 32.9 Å². The van der Waals surface area contributed by atoms with Crippen LogP contribution in [0.5, 0.6) is 0 Å². The second-order valence-corrected chi connectivity index (χ2v) is 13.1. The van der Waals surface area contributed by atoms with Crippen LogP contribution in [-0.2, 0) is 27.7 Å². The highest BCUT2D eigenvalue weighted by Gasteiger charge is 2.32. The third-order valence-electron chi connectivity index (χ3n) is 8.95. The van der Waals surface area contributed by atoms with E-state index in [1.165, 1.54) is 11.1 Å². The van der Waals surface area contributed by atoms with Crippen molar-refractivity contribution in [1.82, 2.24) is 19.7 Å². The number of esters is 1. The normalized spacial score (nSPS) is 16.7. The van der Waals surface area contributed by atoms with Gasteiger partial charge >= 0.3 is 5.97 Å². The largest absolute Gasteiger partial charge is 0.466 e. The van der Waals surface area contributed by atoms with Gasteiger partial charge in [-0.3, -0.25) is 14.4 Å². The summed E-state index contributed by atoms with van der Waals surface area (Å²) in [4.78, 5) is 20.4. The van der Waals surface area contributed by atoms with Gasteiger partial charge in [-0.1, -0.05) is 23.7 Å². The number of ether oxygens (including phenoxy) is 2. The van der Waals surface area contributed by atoms with Crippen LogP contribution in [0.15, 0.2) is 48.5 Å². The van der Waals surface area contributed by atoms with Crippen LogP contribution >= 0.6 is 22.9 Å². The van der Waals surface area contributed by atoms with Crippen LogP contribution in [0.2, 0.25) is 5.02 Å². The lowest BCUT2D eigenvalue weighted by molar-refractivity contribution is -0.142. The summed E-state index contributed by atoms with van der Waals surface area (Å²) < 4.78 is 13.8. The van der Waals surface area contributed by atoms with Gasteiger partial charge in [-0.05, 0) is 92.9 Å². The van der Waals surface area contributed by atoms with Crippen LogP contribution in [0.1, 0.15) is 42.5 Å². The molecular weight excluding hydrogens is 580 g/mol. The zero-order valence-electron chi connectivity index (χ0n) is 24.7. The average Bonchev–Trinajstić information content (AvgIpc) is 3.54. The zero-order chi connectivity index (χ0) is 29.7. The number of benzene rings is 3. The molecule has 0 aliphatic carbocycles. The Morgan fingerprint density at radius 2 is 1.84 bits per heavy atom. The Morgan fingerprint density at radius 1 is 1.09 bits per heavy atom. The quantitative estimate of drug-likeness (QED) is 0.181. The minimum atomic E-state index is -0.230. The van der Waals surface area contributed by atoms with E-state index in [9.17, 15) is 4.79 Å². The second kappa shape index (κ2) is 11.7. The number of halogens is 1. The van der Waals surface area contributed by atoms with Gasteiger partial charge in [0.25, 0.3) is 0 Å². The zero-order valence-corrected chi connectivity index (χ0v) is 26.3. The number of rotatable bonds is 7. The van der Waals surface area contributed by atoms with Crippen LogP contribution < -0.4 is 0 Å². The lowest BCUT2D eigenvalue weighted by Gasteiger charge is -2.41. The smallest absolute Gasteiger partial charge is 0.310 e. The van der Waals surface area contributed by atoms with Crippen molar-refractivity contribution in [3.05, 3.63) is 70.4 Å². The fourth-order valence-corrected chi connectivity index (χ4v) is 7.82. The molecule has 2 aromatic heterocycles. The molecule has 3 aromatic carbocycles. The van der Waals surface area contributed by atoms with E-state index < -0.39 is 0 Å². The van der Waals surface area contributed by atoms with Crippen molar-refractivity contribution in [3.8, 4) is 21.7 Å². The minimum absolute atomic E-state index is 0.207. The number of hydrogen-bond donors (Lipinski definition) is 0. The Balaban J connectivity index is 1.29. The molecule has 2 saturated heterocycles. The Bertz CT molecular complexity index is 1820. The summed E-state index contributed by atoms with van der Waals surface area (Å²) in [6, 6.07) is 17.1. The van der Waals surface area contributed by atoms with Gasteiger partial charge in [-0.25, -0.2) is 4.98 Å². The summed E-state index contributed by atoms with van der Waals surface area (Å²) in [7, 11) is 2.04. The fourth-order valence-electron chi connectivity index (χ4n) is 6.56. The third kappa shape index (κ3) is 5.35. The van der Waals surface area contributed by atoms with Crippen LogP contribution in [0.4, 0.5) is 0 Å². The minimum Gasteiger partial charge on any atom is -0.466 e. The number of likely N-dealkylation sites (tertiary alicyclic amines) is 1. The second-order valence-electron chi connectivity index (χ2n) is 11.6. The van der Waals surface area contributed by atoms with Crippen molar-refractivity contribution in [2.24, 2.45) is 7.05 Å². The van der Waals surface area contributed by atoms with E-state index in [1.807, 2.05) is 49.8 Å². The number of aryl methyl sites for hydroxylation is 2. The Hall–Kier alpha value is -3.30. The maximum Gasteiger partial charge on any atom is 0.310 e. The highest BCUT2D eigenvalue weighted by atomic mass is 35.5. The first kappa shape index (κ1) is 28.5. The van der Waals surface area contributed by atoms with E-state index in [1.54, 1.807) is 11.3 Å². The number of carbonyl (C=O) groups is 1. The Morgan fingerprint density at radius 3 is 2.53 bits per heavy atom. The SMILES string of the molecule is CCOC(=O)Cc1c(C)cc2nc(-c3ccc4c(c3)c(C3CCN(C5COC5)CC3)nn4C)sc2c1-c1ccc(Cl)cc1. The molecule has 0 atom stereocenters. The first-order chi connectivity index (χ1) is 20.9. The Kier molecular flexibility index (Phi) is 7.72. The summed E-state index contributed by atoms with van der Waals surface area (Å²) in [5.74, 6) is 0.211. The predicted octanol–water partition coefficient (Wildman–Crippen LogP) is 7.16. The molecule has 2 aliphatic heterocycles. The van der Waals surface area contributed by atoms with Gasteiger partial charge in [0.05, 0.1) is 53.7 Å². The maximum atomic E-state index is 12.7. The van der Waals surface area contributed by atoms with E-state index in [-0.39, 0.29) is 12.4 Å². The molecule has 43 heavy (non-hydrogen) atoms. The number of hydrogen-bond acceptors (Lipinski definition) is 7. The van der Waals surface area contributed by atoms with Crippen molar-refractivity contribution in [1.29, 1.82) is 0 Å². The molecule has 5 aromatic rings. The molecule has 0 amide bonds. The maximum absolute atomic E-state index is 12.7. The van der Waals surface area contributed by atoms with E-state index >= 15 is 0 Å². The molecule has 0 bridgehead atoms. The monoisotopic (exact) mass is 614 g/mol. The Labute approximate surface area is 260 Å². The number of aromatic nitrogens is 3. The molecule has 222 valence electrons. The van der Waals surface area contributed by atoms with Gasteiger partial charge < -0.3 is 9.47 Å². The first-order valence-corrected chi connectivity index (χ1v) is 16.2. The summed E-state index contributed by atoms with van der Waals surface area (Å²) >= 11 is 7.92. The van der Waals surface area contributed by atoms with E-state index in [2.05, 4.69) is 29.2 Å². The molecule has 2 aliphatic rings. The standard InChI is InChI=1S/C34H35ClN4O3S/c1-4-42-30(40)17-26-20(2)15-28-33(31(26)21-5-8-24(35)9-6-21)43-34(36-28)23-7-10-29-27(16-23)32(37-38(29)3)22-11-13-39(14-12-22)25-18-41-19-25/h5-10,15-16,22,25H,4,11-14,17-19H2,1-3H3. The van der Waals surface area contributed by atoms with E-state index in [4.69, 9.17) is 31.2 Å². The summed E-state index contributed by atoms with van der Waals surface area (Å²) in [5.41, 5.74) is 8.36. The predicted molar refractivity (Wildman–Crippen MR) is 173 cm³/mol. The topological polar surface area (TPSA) is 69.5 Å². The molecule has 7 rings (SSSR count). The number of nitrogens with zero attached hydrogens (tertiary/aromatic N) is 4. The molecule has 7 nitrogen and oxygen atoms in total. The lowest BCUT2D eigenvalue weighted by Crippen LogP contribution is -2.51. The van der Waals surface area contributed by atoms with Gasteiger partial charge in [-0.15, -0.1) is 11.3 Å². The number of piperidine rings is 1. The fraction of sp³-hybridized carbons (Fsp3) is 0.382. The molecule has 0 unspecified atom stereocenters. The van der Waals surface area contributed by atoms with Crippen molar-refractivity contribution < 1.29 is 14.3 Å². The lowest BCUT2D eigenvalue weighted by atomic mass is 9.90. The van der Waals surface area contributed by atoms with E-state index in [0.717, 1.165) is 87.7 Å². The molecule has 0 saturated carbocycles. The molecule has 0 spiro atoms. The van der Waals surface area contributed by atoms with Gasteiger partial charge in [0.2, 0.25) is 0 Å². The first-order valence-electron chi connectivity index (χ1n) is 15.0. The molecule has 0 radical (unpaired) electrons. The highest BCUT2D eigenvalue weighted by Crippen LogP contribution is 2.42. The molecule has 2 fully saturated rings. The van der Waals surface area contributed by atoms with Crippen LogP contribution in [0.3, 0.4) is 0 Å². The number of thiazole rings is 1. The van der Waals surface area contributed by atoms with E-state index in [0.29, 0.717) is 23.6 Å². The van der Waals surface area contributed by atoms with Crippen LogP contribution in [-0.4, -0.2) is 64.6 Å². The van der Waals surface area contributed by atoms with Gasteiger partial charge in [0, 0.05) is 34.5 Å². The molecular formula is C34H35ClN4O3S. The van der Waals surface area contributed by atoms with Crippen LogP contribution in [0, 0.1) is 6.92 Å². The number of fused-ring (bicyclic) bond motifs is 2. The third-order valence-corrected chi connectivity index (χ3v) is 10.3. The van der Waals surface area contributed by atoms with Crippen molar-refractivity contribution >= 4 is 50.0 Å². The molecule has 9 heteroatoms. The summed E-state index contributed by atoms with van der Waals surface area (Å²) in [6.45, 7) is 8.16. The van der Waals surface area contributed by atoms with Crippen LogP contribution in [0.25, 0.3) is 42.8 Å². The highest BCUT2D eigenvalue weighted by molar-refractivity contribution is 7.22. The molecule has 4 heterocycles. The average molecular weight is 615 g/mol. The van der Waals surface area contributed by atoms with Crippen molar-refractivity contribution in [2.45, 2.75) is 45.1 Å². The summed E-state index contributed by atoms with van der Waals surface area (Å²) in [5, 5.41) is 7.86. The number of carbonyl (C=O) groups excluding carboxylic acids is 1. The van der Waals surface area contributed by atoms with Gasteiger partial charge in [-0.2, -0.15) is 5.10 Å². The van der Waals surface area contributed by atoms with Gasteiger partial charge in [0.1, 0.15) is 5.01 Å². The summed E-state index contributed by atoms with van der Waals surface area (Å²) in [6.07, 6.45) is 2.43. The van der Waals surface area contributed by atoms with Gasteiger partial charge in [0.15, 0.2) is 0 Å². The molecule has 0 N–H and O–H groups in total.